The minimum atomic E-state index is 0. The van der Waals surface area contributed by atoms with Crippen molar-refractivity contribution in [3.8, 4) is 0 Å². The first-order valence-corrected chi connectivity index (χ1v) is 0. The number of halogens is 1. The van der Waals surface area contributed by atoms with E-state index in [9.17, 15) is 0 Å². The van der Waals surface area contributed by atoms with Gasteiger partial charge in [-0.3, -0.25) is 0 Å². The summed E-state index contributed by atoms with van der Waals surface area (Å²) in [5.41, 5.74) is 0. The molecule has 0 N–H and O–H groups in total. The molecular weight excluding hydrogens is 621 g/mol. The maximum Gasteiger partial charge on any atom is 0 e. The van der Waals surface area contributed by atoms with Gasteiger partial charge in [-0.2, -0.15) is 0 Å². The second kappa shape index (κ2) is 18.3. The van der Waals surface area contributed by atoms with Crippen LogP contribution in [-0.4, -0.2) is 0 Å². The normalized spacial score (nSPS) is 0. The van der Waals surface area contributed by atoms with E-state index in [-0.39, 0.29) is 75.6 Å². The summed E-state index contributed by atoms with van der Waals surface area (Å²) >= 11 is 0. The fourth-order valence-corrected chi connectivity index (χ4v) is 0. The standard InChI is InChI=1S/ClH.3Pt/h1H;;;. The minimum Gasteiger partial charge on any atom is -0.147 e. The molecule has 4 heavy (non-hydrogen) atoms. The van der Waals surface area contributed by atoms with Gasteiger partial charge in [0.15, 0.2) is 0 Å². The van der Waals surface area contributed by atoms with Crippen molar-refractivity contribution >= 4 is 12.4 Å². The van der Waals surface area contributed by atoms with E-state index in [2.05, 4.69) is 0 Å². The molecule has 0 amide bonds. The van der Waals surface area contributed by atoms with Crippen molar-refractivity contribution in [3.63, 3.8) is 0 Å². The summed E-state index contributed by atoms with van der Waals surface area (Å²) in [5, 5.41) is 0. The zero-order valence-electron chi connectivity index (χ0n) is 1.36. The van der Waals surface area contributed by atoms with E-state index in [1.54, 1.807) is 0 Å². The van der Waals surface area contributed by atoms with E-state index in [1.807, 2.05) is 0 Å². The number of rotatable bonds is 0. The SMILES string of the molecule is Cl.[Pt].[Pt].[Pt]. The molecule has 0 saturated heterocycles. The third kappa shape index (κ3) is 8.84. The van der Waals surface area contributed by atoms with E-state index in [0.717, 1.165) is 0 Å². The molecule has 0 radical (unpaired) electrons. The first-order chi connectivity index (χ1) is 0. The molecule has 38 valence electrons. The first-order valence-electron chi connectivity index (χ1n) is 0. The van der Waals surface area contributed by atoms with E-state index in [0.29, 0.717) is 0 Å². The molecule has 0 aliphatic rings. The Balaban J connectivity index is 0. The molecule has 4 heteroatoms. The molecule has 0 aromatic heterocycles. The Morgan fingerprint density at radius 1 is 0.500 bits per heavy atom. The van der Waals surface area contributed by atoms with Gasteiger partial charge in [0.25, 0.3) is 0 Å². The minimum absolute atomic E-state index is 0. The maximum atomic E-state index is 0. The van der Waals surface area contributed by atoms with Gasteiger partial charge in [-0.15, -0.1) is 12.4 Å². The molecular formula is HClPt3. The summed E-state index contributed by atoms with van der Waals surface area (Å²) in [5.74, 6) is 0. The Hall–Kier alpha value is 2.35. The van der Waals surface area contributed by atoms with Gasteiger partial charge >= 0.3 is 0 Å². The molecule has 0 aromatic carbocycles. The van der Waals surface area contributed by atoms with Crippen LogP contribution < -0.4 is 0 Å². The Morgan fingerprint density at radius 2 is 0.500 bits per heavy atom. The van der Waals surface area contributed by atoms with Crippen molar-refractivity contribution in [1.29, 1.82) is 0 Å². The quantitative estimate of drug-likeness (QED) is 0.368. The van der Waals surface area contributed by atoms with E-state index in [1.165, 1.54) is 0 Å². The van der Waals surface area contributed by atoms with Crippen molar-refractivity contribution in [1.82, 2.24) is 0 Å². The molecule has 0 spiro atoms. The largest absolute Gasteiger partial charge is 0.147 e. The van der Waals surface area contributed by atoms with Gasteiger partial charge in [0.05, 0.1) is 0 Å². The van der Waals surface area contributed by atoms with E-state index >= 15 is 0 Å². The Morgan fingerprint density at radius 3 is 0.500 bits per heavy atom. The van der Waals surface area contributed by atoms with Gasteiger partial charge in [-0.1, -0.05) is 0 Å². The monoisotopic (exact) mass is 621 g/mol. The van der Waals surface area contributed by atoms with Gasteiger partial charge < -0.3 is 0 Å². The fraction of sp³-hybridized carbons (Fsp3) is 0. The molecule has 0 nitrogen and oxygen atoms in total. The van der Waals surface area contributed by atoms with Gasteiger partial charge in [-0.25, -0.2) is 0 Å². The van der Waals surface area contributed by atoms with Gasteiger partial charge in [0, 0.05) is 63.2 Å². The predicted octanol–water partition coefficient (Wildman–Crippen LogP) is 0.414. The topological polar surface area (TPSA) is 0 Å². The van der Waals surface area contributed by atoms with Crippen molar-refractivity contribution in [3.05, 3.63) is 0 Å². The summed E-state index contributed by atoms with van der Waals surface area (Å²) < 4.78 is 0. The summed E-state index contributed by atoms with van der Waals surface area (Å²) in [6, 6.07) is 0. The third-order valence-corrected chi connectivity index (χ3v) is 0. The summed E-state index contributed by atoms with van der Waals surface area (Å²) in [7, 11) is 0. The van der Waals surface area contributed by atoms with Crippen LogP contribution in [0.1, 0.15) is 0 Å². The average molecular weight is 622 g/mol. The molecule has 0 atom stereocenters. The smallest absolute Gasteiger partial charge is 0 e. The molecule has 0 unspecified atom stereocenters. The van der Waals surface area contributed by atoms with Crippen LogP contribution in [-0.2, 0) is 63.2 Å². The Bertz CT molecular complexity index is 3.25. The molecule has 0 fully saturated rings. The molecule has 0 rings (SSSR count). The zero-order valence-corrected chi connectivity index (χ0v) is 8.99. The van der Waals surface area contributed by atoms with E-state index in [4.69, 9.17) is 0 Å². The first kappa shape index (κ1) is 32.9. The van der Waals surface area contributed by atoms with Crippen molar-refractivity contribution in [2.45, 2.75) is 0 Å². The Kier molecular flexibility index (Phi) is 150. The number of hydrogen-bond donors (Lipinski definition) is 0. The predicted molar refractivity (Wildman–Crippen MR) is 7.25 cm³/mol. The van der Waals surface area contributed by atoms with Crippen LogP contribution in [0.4, 0.5) is 0 Å². The summed E-state index contributed by atoms with van der Waals surface area (Å²) in [6.07, 6.45) is 0. The molecule has 0 aliphatic heterocycles. The molecule has 0 aromatic rings. The summed E-state index contributed by atoms with van der Waals surface area (Å²) in [4.78, 5) is 0. The average Bonchev–Trinajstić information content (AvgIpc) is 0. The molecule has 0 heterocycles. The Labute approximate surface area is 74.7 Å². The van der Waals surface area contributed by atoms with Crippen LogP contribution in [0, 0.1) is 0 Å². The second-order valence-electron chi connectivity index (χ2n) is 0. The fourth-order valence-electron chi connectivity index (χ4n) is 0. The van der Waals surface area contributed by atoms with Crippen molar-refractivity contribution in [2.75, 3.05) is 0 Å². The van der Waals surface area contributed by atoms with Crippen LogP contribution in [0.3, 0.4) is 0 Å². The number of hydrogen-bond acceptors (Lipinski definition) is 0. The zero-order chi connectivity index (χ0) is 0. The van der Waals surface area contributed by atoms with Gasteiger partial charge in [0.2, 0.25) is 0 Å². The maximum absolute atomic E-state index is 0. The van der Waals surface area contributed by atoms with Crippen LogP contribution in [0.2, 0.25) is 0 Å². The van der Waals surface area contributed by atoms with Crippen LogP contribution >= 0.6 is 12.4 Å². The van der Waals surface area contributed by atoms with Crippen LogP contribution in [0.25, 0.3) is 0 Å². The van der Waals surface area contributed by atoms with E-state index < -0.39 is 0 Å². The van der Waals surface area contributed by atoms with Gasteiger partial charge in [0.1, 0.15) is 0 Å². The molecule has 0 saturated carbocycles. The summed E-state index contributed by atoms with van der Waals surface area (Å²) in [6.45, 7) is 0. The van der Waals surface area contributed by atoms with Crippen molar-refractivity contribution < 1.29 is 63.2 Å². The van der Waals surface area contributed by atoms with Crippen LogP contribution in [0.15, 0.2) is 0 Å². The molecule has 0 aliphatic carbocycles. The second-order valence-corrected chi connectivity index (χ2v) is 0. The van der Waals surface area contributed by atoms with Gasteiger partial charge in [-0.05, 0) is 0 Å². The molecule has 0 bridgehead atoms. The van der Waals surface area contributed by atoms with Crippen LogP contribution in [0.5, 0.6) is 0 Å². The van der Waals surface area contributed by atoms with Crippen molar-refractivity contribution in [2.24, 2.45) is 0 Å². The third-order valence-electron chi connectivity index (χ3n) is 0.